The van der Waals surface area contributed by atoms with Crippen molar-refractivity contribution >= 4 is 38.4 Å². The average Bonchev–Trinajstić information content (AvgIpc) is 2.84. The molecule has 2 aliphatic rings. The number of nitrogens with one attached hydrogen (secondary N) is 1. The number of hydrogen-bond donors (Lipinski definition) is 2. The second-order valence-electron chi connectivity index (χ2n) is 6.78. The topological polar surface area (TPSA) is 156 Å². The molecule has 28 heavy (non-hydrogen) atoms. The molecule has 0 radical (unpaired) electrons. The summed E-state index contributed by atoms with van der Waals surface area (Å²) >= 11 is 0. The van der Waals surface area contributed by atoms with E-state index in [-0.39, 0.29) is 32.2 Å². The largest absolute Gasteiger partial charge is 0.369 e. The Balaban J connectivity index is 2.40. The molecule has 2 heterocycles. The van der Waals surface area contributed by atoms with Crippen molar-refractivity contribution in [3.63, 3.8) is 0 Å². The molecule has 0 saturated carbocycles. The fraction of sp³-hybridized carbons (Fsp3) is 0.588. The van der Waals surface area contributed by atoms with Gasteiger partial charge in [0.25, 0.3) is 10.0 Å². The number of nitrogens with zero attached hydrogens (tertiary/aromatic N) is 2. The lowest BCUT2D eigenvalue weighted by Gasteiger charge is -2.29. The minimum absolute atomic E-state index is 0.0275. The van der Waals surface area contributed by atoms with Crippen LogP contribution in [0.4, 0.5) is 0 Å². The summed E-state index contributed by atoms with van der Waals surface area (Å²) in [5, 5.41) is 2.12. The number of rotatable bonds is 5. The van der Waals surface area contributed by atoms with Gasteiger partial charge in [0.05, 0.1) is 6.54 Å². The van der Waals surface area contributed by atoms with Gasteiger partial charge in [-0.3, -0.25) is 19.2 Å². The molecule has 2 aliphatic heterocycles. The van der Waals surface area contributed by atoms with Crippen LogP contribution in [0.2, 0.25) is 0 Å². The molecule has 10 nitrogen and oxygen atoms in total. The fourth-order valence-corrected chi connectivity index (χ4v) is 4.64. The molecule has 1 fully saturated rings. The van der Waals surface area contributed by atoms with E-state index in [2.05, 4.69) is 10.3 Å². The average molecular weight is 412 g/mol. The number of sulfonamides is 1. The summed E-state index contributed by atoms with van der Waals surface area (Å²) in [6, 6.07) is -1.22. The maximum Gasteiger partial charge on any atom is 0.288 e. The second kappa shape index (κ2) is 9.20. The summed E-state index contributed by atoms with van der Waals surface area (Å²) in [6.07, 6.45) is 2.77. The number of hydrogen-bond acceptors (Lipinski definition) is 8. The number of carbonyl (C=O) groups is 4. The molecular weight excluding hydrogens is 388 g/mol. The van der Waals surface area contributed by atoms with Gasteiger partial charge in [0.2, 0.25) is 16.9 Å². The third-order valence-electron chi connectivity index (χ3n) is 4.65. The molecule has 3 N–H and O–H groups in total. The Morgan fingerprint density at radius 3 is 2.75 bits per heavy atom. The highest BCUT2D eigenvalue weighted by molar-refractivity contribution is 8.06. The monoisotopic (exact) mass is 412 g/mol. The van der Waals surface area contributed by atoms with Crippen molar-refractivity contribution < 1.29 is 27.6 Å². The van der Waals surface area contributed by atoms with Crippen LogP contribution in [0.3, 0.4) is 0 Å². The van der Waals surface area contributed by atoms with Crippen LogP contribution in [0.15, 0.2) is 17.3 Å². The van der Waals surface area contributed by atoms with E-state index >= 15 is 0 Å². The Hall–Kier alpha value is -2.40. The highest BCUT2D eigenvalue weighted by atomic mass is 32.2. The van der Waals surface area contributed by atoms with Crippen molar-refractivity contribution in [3.05, 3.63) is 12.3 Å². The Bertz CT molecular complexity index is 833. The molecular formula is C17H24N4O6S. The van der Waals surface area contributed by atoms with Gasteiger partial charge in [-0.1, -0.05) is 13.0 Å². The summed E-state index contributed by atoms with van der Waals surface area (Å²) in [5.74, 6) is -3.33. The summed E-state index contributed by atoms with van der Waals surface area (Å²) in [6.45, 7) is 1.95. The minimum atomic E-state index is -4.62. The van der Waals surface area contributed by atoms with Gasteiger partial charge in [0, 0.05) is 25.0 Å². The first-order valence-electron chi connectivity index (χ1n) is 9.02. The number of Topliss-reactive ketones (excluding diaryl/α,β-unsaturated/α-hetero) is 2. The standard InChI is InChI=1S/C17H24N4O6S/c1-11(16(18)25)6-7-15(24)21(12-4-2-8-19-10-14(12)23)28(26,27)17-13(22)5-3-9-20-17/h3,9,11-12,19H,2,4-8,10H2,1H3,(H2,18,25)/t11?,12-/m0/s1. The molecule has 11 heteroatoms. The zero-order chi connectivity index (χ0) is 20.9. The van der Waals surface area contributed by atoms with Gasteiger partial charge in [-0.15, -0.1) is 0 Å². The molecule has 0 spiro atoms. The zero-order valence-electron chi connectivity index (χ0n) is 15.6. The normalized spacial score (nSPS) is 21.6. The Morgan fingerprint density at radius 2 is 2.11 bits per heavy atom. The number of allylic oxidation sites excluding steroid dienone is 1. The van der Waals surface area contributed by atoms with Crippen molar-refractivity contribution in [2.24, 2.45) is 16.6 Å². The number of primary amides is 1. The molecule has 2 atom stereocenters. The van der Waals surface area contributed by atoms with Gasteiger partial charge in [-0.05, 0) is 25.8 Å². The van der Waals surface area contributed by atoms with E-state index < -0.39 is 50.4 Å². The third kappa shape index (κ3) is 4.90. The van der Waals surface area contributed by atoms with Gasteiger partial charge >= 0.3 is 0 Å². The molecule has 2 amide bonds. The maximum atomic E-state index is 13.1. The highest BCUT2D eigenvalue weighted by Crippen LogP contribution is 2.22. The molecule has 0 aliphatic carbocycles. The zero-order valence-corrected chi connectivity index (χ0v) is 16.4. The van der Waals surface area contributed by atoms with E-state index in [1.165, 1.54) is 19.2 Å². The van der Waals surface area contributed by atoms with Crippen molar-refractivity contribution in [2.75, 3.05) is 13.1 Å². The van der Waals surface area contributed by atoms with Crippen molar-refractivity contribution in [3.8, 4) is 0 Å². The lowest BCUT2D eigenvalue weighted by Crippen LogP contribution is -2.52. The van der Waals surface area contributed by atoms with E-state index in [0.717, 1.165) is 0 Å². The number of amides is 2. The molecule has 0 aromatic carbocycles. The van der Waals surface area contributed by atoms with E-state index in [9.17, 15) is 27.6 Å². The summed E-state index contributed by atoms with van der Waals surface area (Å²) < 4.78 is 26.7. The third-order valence-corrected chi connectivity index (χ3v) is 6.45. The number of nitrogens with two attached hydrogens (primary N) is 1. The first kappa shape index (κ1) is 21.9. The predicted molar refractivity (Wildman–Crippen MR) is 100 cm³/mol. The molecule has 2 rings (SSSR count). The Labute approximate surface area is 163 Å². The van der Waals surface area contributed by atoms with E-state index in [4.69, 9.17) is 5.73 Å². The molecule has 154 valence electrons. The SMILES string of the molecule is CC(CCC(=O)N([C@H]1CCCNCC1=O)S(=O)(=O)C1=NC=CCC1=O)C(N)=O. The lowest BCUT2D eigenvalue weighted by atomic mass is 10.0. The lowest BCUT2D eigenvalue weighted by molar-refractivity contribution is -0.134. The molecule has 0 aromatic rings. The van der Waals surface area contributed by atoms with Gasteiger partial charge in [-0.2, -0.15) is 8.42 Å². The Kier molecular flexibility index (Phi) is 7.19. The van der Waals surface area contributed by atoms with E-state index in [1.807, 2.05) is 0 Å². The van der Waals surface area contributed by atoms with Crippen LogP contribution >= 0.6 is 0 Å². The van der Waals surface area contributed by atoms with Gasteiger partial charge in [0.1, 0.15) is 6.04 Å². The minimum Gasteiger partial charge on any atom is -0.369 e. The van der Waals surface area contributed by atoms with Gasteiger partial charge in [0.15, 0.2) is 11.6 Å². The van der Waals surface area contributed by atoms with Crippen LogP contribution in [0.5, 0.6) is 0 Å². The number of aliphatic imine (C=N–C) groups is 1. The molecule has 0 bridgehead atoms. The van der Waals surface area contributed by atoms with Crippen molar-refractivity contribution in [2.45, 2.75) is 45.1 Å². The van der Waals surface area contributed by atoms with Crippen LogP contribution in [0, 0.1) is 5.92 Å². The van der Waals surface area contributed by atoms with Gasteiger partial charge in [-0.25, -0.2) is 9.30 Å². The van der Waals surface area contributed by atoms with Crippen LogP contribution < -0.4 is 11.1 Å². The fourth-order valence-electron chi connectivity index (χ4n) is 2.97. The molecule has 0 aromatic heterocycles. The van der Waals surface area contributed by atoms with Crippen LogP contribution in [0.1, 0.15) is 39.0 Å². The quantitative estimate of drug-likeness (QED) is 0.602. The van der Waals surface area contributed by atoms with Crippen molar-refractivity contribution in [1.82, 2.24) is 9.62 Å². The first-order chi connectivity index (χ1) is 13.2. The van der Waals surface area contributed by atoms with Crippen LogP contribution in [-0.4, -0.2) is 60.3 Å². The van der Waals surface area contributed by atoms with E-state index in [0.29, 0.717) is 17.3 Å². The van der Waals surface area contributed by atoms with Gasteiger partial charge < -0.3 is 11.1 Å². The summed E-state index contributed by atoms with van der Waals surface area (Å²) in [5.41, 5.74) is 5.19. The highest BCUT2D eigenvalue weighted by Gasteiger charge is 2.43. The molecule has 1 unspecified atom stereocenters. The van der Waals surface area contributed by atoms with Crippen LogP contribution in [0.25, 0.3) is 0 Å². The summed E-state index contributed by atoms with van der Waals surface area (Å²) in [7, 11) is -4.62. The smallest absolute Gasteiger partial charge is 0.288 e. The number of ketones is 2. The van der Waals surface area contributed by atoms with E-state index in [1.54, 1.807) is 0 Å². The second-order valence-corrected chi connectivity index (χ2v) is 8.51. The predicted octanol–water partition coefficient (Wildman–Crippen LogP) is -0.747. The number of carbonyl (C=O) groups excluding carboxylic acids is 4. The van der Waals surface area contributed by atoms with Crippen molar-refractivity contribution in [1.29, 1.82) is 0 Å². The molecule has 1 saturated heterocycles. The maximum absolute atomic E-state index is 13.1. The first-order valence-corrected chi connectivity index (χ1v) is 10.5. The van der Waals surface area contributed by atoms with Crippen LogP contribution in [-0.2, 0) is 29.2 Å². The summed E-state index contributed by atoms with van der Waals surface area (Å²) in [4.78, 5) is 52.3. The Morgan fingerprint density at radius 1 is 1.39 bits per heavy atom.